The Morgan fingerprint density at radius 3 is 2.31 bits per heavy atom. The first kappa shape index (κ1) is 19.6. The summed E-state index contributed by atoms with van der Waals surface area (Å²) in [5.41, 5.74) is 0. The lowest BCUT2D eigenvalue weighted by molar-refractivity contribution is -0.126. The summed E-state index contributed by atoms with van der Waals surface area (Å²) in [5, 5.41) is 3.67. The van der Waals surface area contributed by atoms with Crippen molar-refractivity contribution in [3.8, 4) is 0 Å². The normalized spacial score (nSPS) is 23.3. The van der Waals surface area contributed by atoms with Crippen LogP contribution in [-0.4, -0.2) is 37.8 Å². The molecule has 1 amide bonds. The molecule has 1 heterocycles. The maximum absolute atomic E-state index is 12.9. The number of nitrogens with one attached hydrogen (secondary N) is 1. The lowest BCUT2D eigenvalue weighted by Gasteiger charge is -2.32. The highest BCUT2D eigenvalue weighted by Gasteiger charge is 2.33. The third kappa shape index (κ3) is 4.78. The Labute approximate surface area is 161 Å². The minimum absolute atomic E-state index is 0.00732. The minimum Gasteiger partial charge on any atom is -0.353 e. The van der Waals surface area contributed by atoms with E-state index in [2.05, 4.69) is 5.32 Å². The molecule has 1 unspecified atom stereocenters. The second-order valence-electron chi connectivity index (χ2n) is 7.35. The van der Waals surface area contributed by atoms with Crippen LogP contribution in [-0.2, 0) is 14.8 Å². The highest BCUT2D eigenvalue weighted by Crippen LogP contribution is 2.25. The largest absolute Gasteiger partial charge is 0.353 e. The number of halogens is 1. The Morgan fingerprint density at radius 2 is 1.65 bits per heavy atom. The van der Waals surface area contributed by atoms with Crippen LogP contribution in [0.15, 0.2) is 29.2 Å². The van der Waals surface area contributed by atoms with E-state index in [1.807, 2.05) is 0 Å². The van der Waals surface area contributed by atoms with E-state index in [1.54, 1.807) is 12.1 Å². The van der Waals surface area contributed by atoms with Crippen LogP contribution in [0.25, 0.3) is 0 Å². The number of carbonyl (C=O) groups is 1. The van der Waals surface area contributed by atoms with Crippen LogP contribution in [0, 0.1) is 5.92 Å². The zero-order chi connectivity index (χ0) is 18.6. The third-order valence-electron chi connectivity index (χ3n) is 5.41. The number of rotatable bonds is 4. The molecule has 0 bridgehead atoms. The molecule has 1 saturated heterocycles. The van der Waals surface area contributed by atoms with Crippen molar-refractivity contribution in [1.29, 1.82) is 0 Å². The Hall–Kier alpha value is -1.11. The summed E-state index contributed by atoms with van der Waals surface area (Å²) >= 11 is 5.86. The molecule has 1 aliphatic carbocycles. The molecule has 144 valence electrons. The fourth-order valence-corrected chi connectivity index (χ4v) is 5.52. The van der Waals surface area contributed by atoms with Crippen molar-refractivity contribution in [2.45, 2.75) is 62.3 Å². The predicted molar refractivity (Wildman–Crippen MR) is 103 cm³/mol. The summed E-state index contributed by atoms with van der Waals surface area (Å²) in [6.07, 6.45) is 8.31. The summed E-state index contributed by atoms with van der Waals surface area (Å²) in [5.74, 6) is -0.262. The zero-order valence-corrected chi connectivity index (χ0v) is 16.6. The first-order valence-electron chi connectivity index (χ1n) is 9.53. The second kappa shape index (κ2) is 8.72. The van der Waals surface area contributed by atoms with Gasteiger partial charge in [0.2, 0.25) is 15.9 Å². The van der Waals surface area contributed by atoms with E-state index in [1.165, 1.54) is 29.3 Å². The standard InChI is InChI=1S/C19H27ClN2O3S/c20-16-9-11-18(12-10-16)26(24,25)22-13-5-6-15(14-22)19(23)21-17-7-3-1-2-4-8-17/h9-12,15,17H,1-8,13-14H2,(H,21,23). The van der Waals surface area contributed by atoms with E-state index in [0.29, 0.717) is 18.0 Å². The fraction of sp³-hybridized carbons (Fsp3) is 0.632. The third-order valence-corrected chi connectivity index (χ3v) is 7.54. The first-order chi connectivity index (χ1) is 12.5. The number of nitrogens with zero attached hydrogens (tertiary/aromatic N) is 1. The van der Waals surface area contributed by atoms with E-state index in [-0.39, 0.29) is 29.3 Å². The maximum atomic E-state index is 12.9. The lowest BCUT2D eigenvalue weighted by atomic mass is 9.97. The summed E-state index contributed by atoms with van der Waals surface area (Å²) in [4.78, 5) is 12.9. The number of piperidine rings is 1. The second-order valence-corrected chi connectivity index (χ2v) is 9.73. The van der Waals surface area contributed by atoms with Gasteiger partial charge in [-0.25, -0.2) is 8.42 Å². The van der Waals surface area contributed by atoms with Gasteiger partial charge in [0.25, 0.3) is 0 Å². The highest BCUT2D eigenvalue weighted by atomic mass is 35.5. The van der Waals surface area contributed by atoms with Crippen LogP contribution in [0.2, 0.25) is 5.02 Å². The molecular weight excluding hydrogens is 372 g/mol. The van der Waals surface area contributed by atoms with Crippen LogP contribution >= 0.6 is 11.6 Å². The summed E-state index contributed by atoms with van der Waals surface area (Å²) in [6.45, 7) is 0.710. The molecule has 1 aromatic rings. The number of amides is 1. The van der Waals surface area contributed by atoms with Gasteiger partial charge in [-0.3, -0.25) is 4.79 Å². The molecule has 5 nitrogen and oxygen atoms in total. The van der Waals surface area contributed by atoms with Gasteiger partial charge in [0.1, 0.15) is 0 Å². The lowest BCUT2D eigenvalue weighted by Crippen LogP contribution is -2.47. The number of benzene rings is 1. The SMILES string of the molecule is O=C(NC1CCCCCC1)C1CCCN(S(=O)(=O)c2ccc(Cl)cc2)C1. The Kier molecular flexibility index (Phi) is 6.59. The first-order valence-corrected chi connectivity index (χ1v) is 11.3. The van der Waals surface area contributed by atoms with Gasteiger partial charge in [-0.15, -0.1) is 0 Å². The Balaban J connectivity index is 1.64. The summed E-state index contributed by atoms with van der Waals surface area (Å²) in [7, 11) is -3.59. The van der Waals surface area contributed by atoms with Crippen molar-refractivity contribution in [2.75, 3.05) is 13.1 Å². The summed E-state index contributed by atoms with van der Waals surface area (Å²) < 4.78 is 27.1. The monoisotopic (exact) mass is 398 g/mol. The smallest absolute Gasteiger partial charge is 0.243 e. The van der Waals surface area contributed by atoms with Gasteiger partial charge in [-0.2, -0.15) is 4.31 Å². The molecule has 26 heavy (non-hydrogen) atoms. The molecule has 1 atom stereocenters. The topological polar surface area (TPSA) is 66.5 Å². The fourth-order valence-electron chi connectivity index (χ4n) is 3.87. The quantitative estimate of drug-likeness (QED) is 0.788. The number of carbonyl (C=O) groups excluding carboxylic acids is 1. The van der Waals surface area contributed by atoms with Crippen molar-refractivity contribution in [3.05, 3.63) is 29.3 Å². The molecule has 7 heteroatoms. The van der Waals surface area contributed by atoms with Crippen molar-refractivity contribution >= 4 is 27.5 Å². The average Bonchev–Trinajstić information content (AvgIpc) is 2.91. The van der Waals surface area contributed by atoms with Crippen LogP contribution in [0.5, 0.6) is 0 Å². The van der Waals surface area contributed by atoms with E-state index >= 15 is 0 Å². The van der Waals surface area contributed by atoms with Gasteiger partial charge < -0.3 is 5.32 Å². The molecule has 1 aliphatic heterocycles. The van der Waals surface area contributed by atoms with Gasteiger partial charge in [-0.1, -0.05) is 37.3 Å². The van der Waals surface area contributed by atoms with Crippen LogP contribution in [0.1, 0.15) is 51.4 Å². The molecule has 2 aliphatic rings. The number of hydrogen-bond donors (Lipinski definition) is 1. The van der Waals surface area contributed by atoms with Crippen LogP contribution in [0.4, 0.5) is 0 Å². The van der Waals surface area contributed by atoms with E-state index in [0.717, 1.165) is 32.1 Å². The van der Waals surface area contributed by atoms with Crippen molar-refractivity contribution in [3.63, 3.8) is 0 Å². The number of sulfonamides is 1. The predicted octanol–water partition coefficient (Wildman–Crippen LogP) is 3.58. The molecule has 1 saturated carbocycles. The molecule has 2 fully saturated rings. The molecule has 0 aromatic heterocycles. The van der Waals surface area contributed by atoms with Crippen LogP contribution in [0.3, 0.4) is 0 Å². The molecule has 1 aromatic carbocycles. The van der Waals surface area contributed by atoms with Crippen molar-refractivity contribution < 1.29 is 13.2 Å². The molecule has 0 spiro atoms. The highest BCUT2D eigenvalue weighted by molar-refractivity contribution is 7.89. The van der Waals surface area contributed by atoms with Gasteiger partial charge >= 0.3 is 0 Å². The Morgan fingerprint density at radius 1 is 1.00 bits per heavy atom. The Bertz CT molecular complexity index is 713. The number of hydrogen-bond acceptors (Lipinski definition) is 3. The molecule has 0 radical (unpaired) electrons. The zero-order valence-electron chi connectivity index (χ0n) is 15.0. The molecule has 3 rings (SSSR count). The van der Waals surface area contributed by atoms with Gasteiger partial charge in [0, 0.05) is 24.2 Å². The van der Waals surface area contributed by atoms with Crippen molar-refractivity contribution in [2.24, 2.45) is 5.92 Å². The van der Waals surface area contributed by atoms with Gasteiger partial charge in [0.05, 0.1) is 10.8 Å². The average molecular weight is 399 g/mol. The maximum Gasteiger partial charge on any atom is 0.243 e. The van der Waals surface area contributed by atoms with Gasteiger partial charge in [-0.05, 0) is 49.9 Å². The molecule has 1 N–H and O–H groups in total. The van der Waals surface area contributed by atoms with E-state index in [9.17, 15) is 13.2 Å². The van der Waals surface area contributed by atoms with Gasteiger partial charge in [0.15, 0.2) is 0 Å². The van der Waals surface area contributed by atoms with Crippen molar-refractivity contribution in [1.82, 2.24) is 9.62 Å². The van der Waals surface area contributed by atoms with E-state index < -0.39 is 10.0 Å². The van der Waals surface area contributed by atoms with Crippen LogP contribution < -0.4 is 5.32 Å². The minimum atomic E-state index is -3.59. The summed E-state index contributed by atoms with van der Waals surface area (Å²) in [6, 6.07) is 6.44. The molecular formula is C19H27ClN2O3S. The van der Waals surface area contributed by atoms with E-state index in [4.69, 9.17) is 11.6 Å².